The van der Waals surface area contributed by atoms with Crippen molar-refractivity contribution in [1.29, 1.82) is 5.26 Å². The Balaban J connectivity index is 1.52. The molecule has 0 bridgehead atoms. The molecule has 0 spiro atoms. The predicted molar refractivity (Wildman–Crippen MR) is 95.5 cm³/mol. The minimum atomic E-state index is 0.00716. The molecule has 3 heterocycles. The number of carbonyl (C=O) groups is 1. The zero-order valence-corrected chi connectivity index (χ0v) is 14.4. The molecule has 2 unspecified atom stereocenters. The standard InChI is InChI=1S/C19H17ClN4O/c20-16-4-2-1-3-15(16)19(25)24-8-7-14-11-23(12-17(14)24)18-6-5-13(9-21)10-22-18/h1-6,10,14,17H,7-8,11-12H2. The highest BCUT2D eigenvalue weighted by atomic mass is 35.5. The summed E-state index contributed by atoms with van der Waals surface area (Å²) in [6.07, 6.45) is 2.59. The van der Waals surface area contributed by atoms with Gasteiger partial charge in [-0.25, -0.2) is 4.98 Å². The number of aromatic nitrogens is 1. The predicted octanol–water partition coefficient (Wildman–Crippen LogP) is 2.96. The minimum Gasteiger partial charge on any atom is -0.354 e. The van der Waals surface area contributed by atoms with Crippen LogP contribution in [-0.2, 0) is 0 Å². The summed E-state index contributed by atoms with van der Waals surface area (Å²) < 4.78 is 0. The van der Waals surface area contributed by atoms with Crippen molar-refractivity contribution >= 4 is 23.3 Å². The van der Waals surface area contributed by atoms with Crippen molar-refractivity contribution in [3.63, 3.8) is 0 Å². The van der Waals surface area contributed by atoms with Gasteiger partial charge in [-0.3, -0.25) is 4.79 Å². The van der Waals surface area contributed by atoms with Gasteiger partial charge in [0.1, 0.15) is 11.9 Å². The second kappa shape index (κ2) is 6.38. The number of nitriles is 1. The summed E-state index contributed by atoms with van der Waals surface area (Å²) in [5, 5.41) is 9.39. The monoisotopic (exact) mass is 352 g/mol. The number of likely N-dealkylation sites (tertiary alicyclic amines) is 1. The molecule has 2 aromatic rings. The molecule has 0 aliphatic carbocycles. The molecular formula is C19H17ClN4O. The maximum Gasteiger partial charge on any atom is 0.255 e. The van der Waals surface area contributed by atoms with Gasteiger partial charge in [0, 0.05) is 31.7 Å². The second-order valence-electron chi connectivity index (χ2n) is 6.52. The zero-order chi connectivity index (χ0) is 17.4. The van der Waals surface area contributed by atoms with Gasteiger partial charge in [0.15, 0.2) is 0 Å². The molecule has 0 radical (unpaired) electrons. The lowest BCUT2D eigenvalue weighted by Crippen LogP contribution is -2.39. The molecule has 2 fully saturated rings. The molecule has 2 atom stereocenters. The van der Waals surface area contributed by atoms with Gasteiger partial charge in [0.2, 0.25) is 0 Å². The first-order chi connectivity index (χ1) is 12.2. The lowest BCUT2D eigenvalue weighted by molar-refractivity contribution is 0.0738. The molecule has 0 saturated carbocycles. The molecule has 4 rings (SSSR count). The normalized spacial score (nSPS) is 21.9. The summed E-state index contributed by atoms with van der Waals surface area (Å²) in [7, 11) is 0. The summed E-state index contributed by atoms with van der Waals surface area (Å²) in [6, 6.07) is 13.1. The van der Waals surface area contributed by atoms with E-state index in [1.165, 1.54) is 0 Å². The van der Waals surface area contributed by atoms with Crippen molar-refractivity contribution in [1.82, 2.24) is 9.88 Å². The van der Waals surface area contributed by atoms with E-state index in [9.17, 15) is 4.79 Å². The quantitative estimate of drug-likeness (QED) is 0.833. The third kappa shape index (κ3) is 2.83. The fraction of sp³-hybridized carbons (Fsp3) is 0.316. The van der Waals surface area contributed by atoms with Crippen LogP contribution in [0.25, 0.3) is 0 Å². The Labute approximate surface area is 151 Å². The lowest BCUT2D eigenvalue weighted by Gasteiger charge is -2.25. The van der Waals surface area contributed by atoms with Gasteiger partial charge in [0.05, 0.1) is 22.2 Å². The highest BCUT2D eigenvalue weighted by molar-refractivity contribution is 6.33. The number of carbonyl (C=O) groups excluding carboxylic acids is 1. The van der Waals surface area contributed by atoms with E-state index in [0.717, 1.165) is 31.9 Å². The number of anilines is 1. The van der Waals surface area contributed by atoms with Crippen LogP contribution in [0.2, 0.25) is 5.02 Å². The SMILES string of the molecule is N#Cc1ccc(N2CC3CCN(C(=O)c4ccccc4Cl)C3C2)nc1. The van der Waals surface area contributed by atoms with Crippen LogP contribution in [-0.4, -0.2) is 41.5 Å². The van der Waals surface area contributed by atoms with Crippen molar-refractivity contribution in [2.75, 3.05) is 24.5 Å². The van der Waals surface area contributed by atoms with E-state index in [1.54, 1.807) is 24.4 Å². The fourth-order valence-corrected chi connectivity index (χ4v) is 4.05. The number of fused-ring (bicyclic) bond motifs is 1. The Hall–Kier alpha value is -2.58. The highest BCUT2D eigenvalue weighted by Crippen LogP contribution is 2.35. The third-order valence-electron chi connectivity index (χ3n) is 5.11. The first-order valence-electron chi connectivity index (χ1n) is 8.34. The van der Waals surface area contributed by atoms with Crippen LogP contribution in [0.15, 0.2) is 42.6 Å². The first kappa shape index (κ1) is 15.9. The van der Waals surface area contributed by atoms with E-state index < -0.39 is 0 Å². The summed E-state index contributed by atoms with van der Waals surface area (Å²) in [5.74, 6) is 1.31. The zero-order valence-electron chi connectivity index (χ0n) is 13.6. The van der Waals surface area contributed by atoms with E-state index in [1.807, 2.05) is 23.1 Å². The molecule has 126 valence electrons. The largest absolute Gasteiger partial charge is 0.354 e. The molecular weight excluding hydrogens is 336 g/mol. The van der Waals surface area contributed by atoms with E-state index in [2.05, 4.69) is 16.0 Å². The van der Waals surface area contributed by atoms with Crippen molar-refractivity contribution in [2.24, 2.45) is 5.92 Å². The number of halogens is 1. The van der Waals surface area contributed by atoms with Gasteiger partial charge in [-0.15, -0.1) is 0 Å². The molecule has 5 nitrogen and oxygen atoms in total. The molecule has 25 heavy (non-hydrogen) atoms. The van der Waals surface area contributed by atoms with Gasteiger partial charge in [-0.05, 0) is 30.7 Å². The number of nitrogens with zero attached hydrogens (tertiary/aromatic N) is 4. The van der Waals surface area contributed by atoms with Crippen LogP contribution in [0, 0.1) is 17.2 Å². The van der Waals surface area contributed by atoms with Gasteiger partial charge in [0.25, 0.3) is 5.91 Å². The molecule has 2 saturated heterocycles. The van der Waals surface area contributed by atoms with Crippen LogP contribution in [0.4, 0.5) is 5.82 Å². The average molecular weight is 353 g/mol. The maximum atomic E-state index is 12.9. The smallest absolute Gasteiger partial charge is 0.255 e. The van der Waals surface area contributed by atoms with Crippen LogP contribution in [0.5, 0.6) is 0 Å². The Morgan fingerprint density at radius 1 is 1.24 bits per heavy atom. The molecule has 6 heteroatoms. The average Bonchev–Trinajstić information content (AvgIpc) is 3.22. The minimum absolute atomic E-state index is 0.00716. The molecule has 2 aliphatic heterocycles. The summed E-state index contributed by atoms with van der Waals surface area (Å²) in [4.78, 5) is 21.4. The number of pyridine rings is 1. The van der Waals surface area contributed by atoms with Crippen LogP contribution >= 0.6 is 11.6 Å². The van der Waals surface area contributed by atoms with Crippen LogP contribution in [0.3, 0.4) is 0 Å². The number of benzene rings is 1. The number of hydrogen-bond acceptors (Lipinski definition) is 4. The molecule has 0 N–H and O–H groups in total. The lowest BCUT2D eigenvalue weighted by atomic mass is 10.0. The third-order valence-corrected chi connectivity index (χ3v) is 5.44. The van der Waals surface area contributed by atoms with Gasteiger partial charge in [-0.2, -0.15) is 5.26 Å². The Bertz CT molecular complexity index is 845. The molecule has 1 aromatic carbocycles. The van der Waals surface area contributed by atoms with Gasteiger partial charge in [-0.1, -0.05) is 23.7 Å². The summed E-state index contributed by atoms with van der Waals surface area (Å²) in [5.41, 5.74) is 1.12. The van der Waals surface area contributed by atoms with Crippen molar-refractivity contribution < 1.29 is 4.79 Å². The summed E-state index contributed by atoms with van der Waals surface area (Å²) >= 11 is 6.20. The van der Waals surface area contributed by atoms with Crippen molar-refractivity contribution in [3.8, 4) is 6.07 Å². The van der Waals surface area contributed by atoms with E-state index in [-0.39, 0.29) is 11.9 Å². The number of hydrogen-bond donors (Lipinski definition) is 0. The topological polar surface area (TPSA) is 60.2 Å². The fourth-order valence-electron chi connectivity index (χ4n) is 3.83. The van der Waals surface area contributed by atoms with E-state index >= 15 is 0 Å². The van der Waals surface area contributed by atoms with Gasteiger partial charge < -0.3 is 9.80 Å². The van der Waals surface area contributed by atoms with E-state index in [0.29, 0.717) is 22.1 Å². The first-order valence-corrected chi connectivity index (χ1v) is 8.72. The van der Waals surface area contributed by atoms with Gasteiger partial charge >= 0.3 is 0 Å². The Kier molecular flexibility index (Phi) is 4.06. The molecule has 1 aromatic heterocycles. The molecule has 2 aliphatic rings. The molecule has 1 amide bonds. The maximum absolute atomic E-state index is 12.9. The van der Waals surface area contributed by atoms with Crippen molar-refractivity contribution in [3.05, 3.63) is 58.7 Å². The van der Waals surface area contributed by atoms with Crippen LogP contribution < -0.4 is 4.90 Å². The summed E-state index contributed by atoms with van der Waals surface area (Å²) in [6.45, 7) is 2.42. The van der Waals surface area contributed by atoms with Crippen molar-refractivity contribution in [2.45, 2.75) is 12.5 Å². The number of rotatable bonds is 2. The Morgan fingerprint density at radius 3 is 2.80 bits per heavy atom. The van der Waals surface area contributed by atoms with E-state index in [4.69, 9.17) is 16.9 Å². The second-order valence-corrected chi connectivity index (χ2v) is 6.92. The van der Waals surface area contributed by atoms with Crippen LogP contribution in [0.1, 0.15) is 22.3 Å². The highest BCUT2D eigenvalue weighted by Gasteiger charge is 2.44. The Morgan fingerprint density at radius 2 is 2.08 bits per heavy atom. The number of amides is 1.